The summed E-state index contributed by atoms with van der Waals surface area (Å²) in [7, 11) is -3.67. The van der Waals surface area contributed by atoms with E-state index in [-0.39, 0.29) is 18.2 Å². The second kappa shape index (κ2) is 10.5. The molecule has 0 aliphatic carbocycles. The zero-order chi connectivity index (χ0) is 22.3. The summed E-state index contributed by atoms with van der Waals surface area (Å²) in [6, 6.07) is 11.3. The van der Waals surface area contributed by atoms with Crippen molar-refractivity contribution in [1.29, 1.82) is 0 Å². The summed E-state index contributed by atoms with van der Waals surface area (Å²) in [4.78, 5) is 28.8. The molecular weight excluding hydrogens is 418 g/mol. The molecule has 1 aromatic heterocycles. The number of rotatable bonds is 8. The fourth-order valence-electron chi connectivity index (χ4n) is 3.50. The van der Waals surface area contributed by atoms with Gasteiger partial charge in [0.15, 0.2) is 0 Å². The van der Waals surface area contributed by atoms with E-state index in [4.69, 9.17) is 4.74 Å². The monoisotopic (exact) mass is 445 g/mol. The van der Waals surface area contributed by atoms with Crippen LogP contribution >= 0.6 is 0 Å². The Balaban J connectivity index is 1.59. The maximum Gasteiger partial charge on any atom is 0.324 e. The van der Waals surface area contributed by atoms with E-state index in [0.29, 0.717) is 30.5 Å². The molecule has 0 bridgehead atoms. The topological polar surface area (TPSA) is 106 Å². The molecule has 1 aliphatic heterocycles. The molecule has 0 saturated carbocycles. The number of ether oxygens (including phenoxy) is 1. The van der Waals surface area contributed by atoms with Crippen LogP contribution in [0.15, 0.2) is 54.9 Å². The van der Waals surface area contributed by atoms with E-state index in [9.17, 15) is 18.0 Å². The van der Waals surface area contributed by atoms with Gasteiger partial charge in [0.1, 0.15) is 12.1 Å². The zero-order valence-electron chi connectivity index (χ0n) is 17.4. The van der Waals surface area contributed by atoms with Gasteiger partial charge in [-0.2, -0.15) is 4.31 Å². The molecule has 9 heteroatoms. The van der Waals surface area contributed by atoms with Crippen molar-refractivity contribution in [2.45, 2.75) is 44.1 Å². The molecule has 1 amide bonds. The molecule has 0 unspecified atom stereocenters. The van der Waals surface area contributed by atoms with Crippen molar-refractivity contribution in [2.75, 3.05) is 13.1 Å². The van der Waals surface area contributed by atoms with Gasteiger partial charge in [-0.05, 0) is 43.9 Å². The molecule has 0 spiro atoms. The summed E-state index contributed by atoms with van der Waals surface area (Å²) in [6.45, 7) is 2.07. The van der Waals surface area contributed by atoms with Crippen LogP contribution in [0.5, 0.6) is 0 Å². The van der Waals surface area contributed by atoms with Crippen molar-refractivity contribution in [3.63, 3.8) is 0 Å². The number of esters is 1. The Kier molecular flexibility index (Phi) is 7.75. The lowest BCUT2D eigenvalue weighted by Gasteiger charge is -2.33. The first-order valence-electron chi connectivity index (χ1n) is 10.3. The minimum atomic E-state index is -3.67. The number of sulfonamides is 1. The van der Waals surface area contributed by atoms with Crippen LogP contribution < -0.4 is 5.32 Å². The van der Waals surface area contributed by atoms with Gasteiger partial charge in [0.25, 0.3) is 5.91 Å². The van der Waals surface area contributed by atoms with E-state index in [0.717, 1.165) is 6.42 Å². The van der Waals surface area contributed by atoms with Gasteiger partial charge in [0.05, 0.1) is 17.9 Å². The van der Waals surface area contributed by atoms with Crippen LogP contribution in [0.1, 0.15) is 42.1 Å². The van der Waals surface area contributed by atoms with Gasteiger partial charge >= 0.3 is 5.97 Å². The van der Waals surface area contributed by atoms with Gasteiger partial charge in [-0.25, -0.2) is 8.42 Å². The minimum absolute atomic E-state index is 0.114. The van der Waals surface area contributed by atoms with Crippen molar-refractivity contribution in [3.8, 4) is 0 Å². The van der Waals surface area contributed by atoms with Crippen LogP contribution in [0.25, 0.3) is 0 Å². The number of carbonyl (C=O) groups is 2. The van der Waals surface area contributed by atoms with Crippen LogP contribution in [-0.2, 0) is 25.3 Å². The fourth-order valence-corrected chi connectivity index (χ4v) is 5.26. The summed E-state index contributed by atoms with van der Waals surface area (Å²) >= 11 is 0. The lowest BCUT2D eigenvalue weighted by molar-refractivity contribution is -0.153. The third kappa shape index (κ3) is 6.35. The Morgan fingerprint density at radius 2 is 1.97 bits per heavy atom. The highest BCUT2D eigenvalue weighted by Gasteiger charge is 2.38. The van der Waals surface area contributed by atoms with E-state index >= 15 is 0 Å². The first-order valence-corrected chi connectivity index (χ1v) is 11.9. The summed E-state index contributed by atoms with van der Waals surface area (Å²) in [5.41, 5.74) is 1.08. The number of hydrogen-bond donors (Lipinski definition) is 1. The number of hydrogen-bond acceptors (Lipinski definition) is 6. The fraction of sp³-hybridized carbons (Fsp3) is 0.409. The Hall–Kier alpha value is -2.78. The van der Waals surface area contributed by atoms with Gasteiger partial charge in [-0.15, -0.1) is 0 Å². The Labute approximate surface area is 182 Å². The van der Waals surface area contributed by atoms with Crippen LogP contribution in [0, 0.1) is 0 Å². The maximum atomic E-state index is 13.0. The van der Waals surface area contributed by atoms with E-state index < -0.39 is 28.1 Å². The molecule has 166 valence electrons. The Morgan fingerprint density at radius 3 is 2.68 bits per heavy atom. The van der Waals surface area contributed by atoms with Crippen molar-refractivity contribution < 1.29 is 22.7 Å². The normalized spacial score (nSPS) is 18.2. The number of nitrogens with zero attached hydrogens (tertiary/aromatic N) is 2. The average molecular weight is 446 g/mol. The molecule has 3 rings (SSSR count). The predicted octanol–water partition coefficient (Wildman–Crippen LogP) is 2.13. The first kappa shape index (κ1) is 22.9. The molecule has 2 atom stereocenters. The Morgan fingerprint density at radius 1 is 1.19 bits per heavy atom. The van der Waals surface area contributed by atoms with Gasteiger partial charge < -0.3 is 10.1 Å². The zero-order valence-corrected chi connectivity index (χ0v) is 18.3. The highest BCUT2D eigenvalue weighted by molar-refractivity contribution is 7.88. The number of amides is 1. The van der Waals surface area contributed by atoms with Gasteiger partial charge in [0, 0.05) is 18.9 Å². The van der Waals surface area contributed by atoms with E-state index in [1.54, 1.807) is 49.5 Å². The lowest BCUT2D eigenvalue weighted by Crippen LogP contribution is -2.50. The second-order valence-electron chi connectivity index (χ2n) is 7.56. The van der Waals surface area contributed by atoms with Crippen molar-refractivity contribution >= 4 is 21.9 Å². The largest absolute Gasteiger partial charge is 0.460 e. The molecule has 2 aromatic rings. The van der Waals surface area contributed by atoms with Crippen LogP contribution in [-0.4, -0.2) is 54.8 Å². The van der Waals surface area contributed by atoms with Crippen LogP contribution in [0.2, 0.25) is 0 Å². The minimum Gasteiger partial charge on any atom is -0.460 e. The van der Waals surface area contributed by atoms with E-state index in [1.807, 2.05) is 6.07 Å². The van der Waals surface area contributed by atoms with Crippen molar-refractivity contribution in [2.24, 2.45) is 0 Å². The summed E-state index contributed by atoms with van der Waals surface area (Å²) in [6.07, 6.45) is 4.29. The number of aromatic nitrogens is 1. The molecule has 8 nitrogen and oxygen atoms in total. The summed E-state index contributed by atoms with van der Waals surface area (Å²) in [5.74, 6) is -1.06. The van der Waals surface area contributed by atoms with Gasteiger partial charge in [0.2, 0.25) is 10.0 Å². The molecule has 0 radical (unpaired) electrons. The van der Waals surface area contributed by atoms with E-state index in [1.165, 1.54) is 10.5 Å². The van der Waals surface area contributed by atoms with Gasteiger partial charge in [-0.1, -0.05) is 30.3 Å². The molecule has 1 aliphatic rings. The number of carbonyl (C=O) groups excluding carboxylic acids is 2. The smallest absolute Gasteiger partial charge is 0.324 e. The first-order chi connectivity index (χ1) is 14.9. The molecule has 1 fully saturated rings. The Bertz CT molecular complexity index is 983. The SMILES string of the molecule is C[C@H](CNC(=O)c1cccnc1)OC(=O)[C@@H]1CCCCN1S(=O)(=O)Cc1ccccc1. The molecule has 1 aromatic carbocycles. The van der Waals surface area contributed by atoms with Crippen molar-refractivity contribution in [3.05, 3.63) is 66.0 Å². The number of nitrogens with one attached hydrogen (secondary N) is 1. The number of benzene rings is 1. The average Bonchev–Trinajstić information content (AvgIpc) is 2.78. The predicted molar refractivity (Wildman–Crippen MR) is 116 cm³/mol. The third-order valence-electron chi connectivity index (χ3n) is 5.07. The second-order valence-corrected chi connectivity index (χ2v) is 9.48. The molecule has 31 heavy (non-hydrogen) atoms. The van der Waals surface area contributed by atoms with E-state index in [2.05, 4.69) is 10.3 Å². The van der Waals surface area contributed by atoms with Crippen molar-refractivity contribution in [1.82, 2.24) is 14.6 Å². The standard InChI is InChI=1S/C22H27N3O5S/c1-17(14-24-21(26)19-10-7-12-23-15-19)30-22(27)20-11-5-6-13-25(20)31(28,29)16-18-8-3-2-4-9-18/h2-4,7-10,12,15,17,20H,5-6,11,13-14,16H2,1H3,(H,24,26)/t17-,20+/m1/s1. The molecular formula is C22H27N3O5S. The number of pyridine rings is 1. The summed E-state index contributed by atoms with van der Waals surface area (Å²) in [5, 5.41) is 2.69. The maximum absolute atomic E-state index is 13.0. The lowest BCUT2D eigenvalue weighted by atomic mass is 10.1. The molecule has 1 N–H and O–H groups in total. The van der Waals surface area contributed by atoms with Crippen LogP contribution in [0.4, 0.5) is 0 Å². The molecule has 1 saturated heterocycles. The van der Waals surface area contributed by atoms with Gasteiger partial charge in [-0.3, -0.25) is 14.6 Å². The quantitative estimate of drug-likeness (QED) is 0.624. The van der Waals surface area contributed by atoms with Crippen LogP contribution in [0.3, 0.4) is 0 Å². The highest BCUT2D eigenvalue weighted by Crippen LogP contribution is 2.24. The highest BCUT2D eigenvalue weighted by atomic mass is 32.2. The molecule has 2 heterocycles. The third-order valence-corrected chi connectivity index (χ3v) is 6.92. The summed E-state index contributed by atoms with van der Waals surface area (Å²) < 4.78 is 32.7. The number of piperidine rings is 1.